The van der Waals surface area contributed by atoms with Crippen LogP contribution in [-0.2, 0) is 0 Å². The Morgan fingerprint density at radius 3 is 2.75 bits per heavy atom. The van der Waals surface area contributed by atoms with E-state index in [1.54, 1.807) is 13.3 Å². The van der Waals surface area contributed by atoms with Crippen LogP contribution in [0.4, 0.5) is 5.82 Å². The summed E-state index contributed by atoms with van der Waals surface area (Å²) >= 11 is 0. The zero-order valence-electron chi connectivity index (χ0n) is 13.8. The van der Waals surface area contributed by atoms with E-state index in [0.29, 0.717) is 11.3 Å². The number of hydrogen-bond donors (Lipinski definition) is 0. The van der Waals surface area contributed by atoms with E-state index in [1.807, 2.05) is 42.2 Å². The van der Waals surface area contributed by atoms with Gasteiger partial charge in [-0.1, -0.05) is 6.07 Å². The molecule has 3 fully saturated rings. The van der Waals surface area contributed by atoms with Gasteiger partial charge in [0.05, 0.1) is 19.2 Å². The summed E-state index contributed by atoms with van der Waals surface area (Å²) in [6.07, 6.45) is 2.85. The lowest BCUT2D eigenvalue weighted by atomic mass is 9.86. The highest BCUT2D eigenvalue weighted by molar-refractivity contribution is 5.95. The molecule has 24 heavy (non-hydrogen) atoms. The fourth-order valence-corrected chi connectivity index (χ4v) is 3.65. The third-order valence-electron chi connectivity index (χ3n) is 4.83. The van der Waals surface area contributed by atoms with Crippen LogP contribution in [0.25, 0.3) is 0 Å². The molecule has 5 rings (SSSR count). The first-order valence-electron chi connectivity index (χ1n) is 8.17. The van der Waals surface area contributed by atoms with E-state index in [2.05, 4.69) is 14.9 Å². The van der Waals surface area contributed by atoms with Crippen molar-refractivity contribution in [1.82, 2.24) is 14.9 Å². The third-order valence-corrected chi connectivity index (χ3v) is 4.83. The molecule has 2 aromatic rings. The molecule has 2 unspecified atom stereocenters. The molecule has 1 aromatic carbocycles. The van der Waals surface area contributed by atoms with E-state index in [9.17, 15) is 4.79 Å². The molecular formula is C18H20N4O2. The second kappa shape index (κ2) is 5.78. The van der Waals surface area contributed by atoms with Crippen LogP contribution in [0.3, 0.4) is 0 Å². The van der Waals surface area contributed by atoms with Gasteiger partial charge in [0.25, 0.3) is 5.91 Å². The molecule has 2 bridgehead atoms. The van der Waals surface area contributed by atoms with Crippen molar-refractivity contribution in [2.24, 2.45) is 0 Å². The fourth-order valence-electron chi connectivity index (χ4n) is 3.65. The topological polar surface area (TPSA) is 58.6 Å². The van der Waals surface area contributed by atoms with Crippen LogP contribution in [-0.4, -0.2) is 53.1 Å². The van der Waals surface area contributed by atoms with Crippen LogP contribution in [0.5, 0.6) is 5.75 Å². The Morgan fingerprint density at radius 2 is 2.04 bits per heavy atom. The summed E-state index contributed by atoms with van der Waals surface area (Å²) in [5.74, 6) is 2.53. The number of anilines is 1. The van der Waals surface area contributed by atoms with Crippen molar-refractivity contribution in [3.8, 4) is 5.75 Å². The Bertz CT molecular complexity index is 767. The van der Waals surface area contributed by atoms with E-state index >= 15 is 0 Å². The third kappa shape index (κ3) is 2.48. The molecule has 3 aliphatic heterocycles. The lowest BCUT2D eigenvalue weighted by Gasteiger charge is -2.56. The van der Waals surface area contributed by atoms with E-state index in [-0.39, 0.29) is 18.0 Å². The first-order valence-corrected chi connectivity index (χ1v) is 8.17. The predicted octanol–water partition coefficient (Wildman–Crippen LogP) is 1.90. The zero-order chi connectivity index (χ0) is 16.7. The summed E-state index contributed by atoms with van der Waals surface area (Å²) in [6, 6.07) is 9.80. The average molecular weight is 324 g/mol. The van der Waals surface area contributed by atoms with Crippen molar-refractivity contribution in [2.75, 3.05) is 25.1 Å². The predicted molar refractivity (Wildman–Crippen MR) is 90.3 cm³/mol. The number of carbonyl (C=O) groups is 1. The van der Waals surface area contributed by atoms with E-state index < -0.39 is 0 Å². The molecule has 0 aliphatic carbocycles. The quantitative estimate of drug-likeness (QED) is 0.863. The molecule has 6 nitrogen and oxygen atoms in total. The van der Waals surface area contributed by atoms with Gasteiger partial charge in [-0.2, -0.15) is 0 Å². The van der Waals surface area contributed by atoms with Crippen LogP contribution in [0.2, 0.25) is 0 Å². The zero-order valence-corrected chi connectivity index (χ0v) is 13.8. The number of amides is 1. The smallest absolute Gasteiger partial charge is 0.254 e. The Hall–Kier alpha value is -2.63. The minimum atomic E-state index is 0.0914. The molecule has 6 heteroatoms. The highest BCUT2D eigenvalue weighted by Crippen LogP contribution is 2.35. The summed E-state index contributed by atoms with van der Waals surface area (Å²) in [5.41, 5.74) is 0.690. The largest absolute Gasteiger partial charge is 0.497 e. The highest BCUT2D eigenvalue weighted by atomic mass is 16.5. The number of carbonyl (C=O) groups excluding carboxylic acids is 1. The molecule has 2 atom stereocenters. The summed E-state index contributed by atoms with van der Waals surface area (Å²) in [7, 11) is 1.61. The Morgan fingerprint density at radius 1 is 1.25 bits per heavy atom. The van der Waals surface area contributed by atoms with Gasteiger partial charge in [0.1, 0.15) is 17.4 Å². The van der Waals surface area contributed by atoms with Crippen molar-refractivity contribution in [3.05, 3.63) is 47.9 Å². The van der Waals surface area contributed by atoms with Gasteiger partial charge < -0.3 is 14.5 Å². The van der Waals surface area contributed by atoms with Crippen LogP contribution in [0.15, 0.2) is 36.5 Å². The van der Waals surface area contributed by atoms with Crippen molar-refractivity contribution < 1.29 is 9.53 Å². The lowest BCUT2D eigenvalue weighted by molar-refractivity contribution is 0.00573. The summed E-state index contributed by atoms with van der Waals surface area (Å²) in [6.45, 7) is 3.54. The molecule has 4 heterocycles. The number of methoxy groups -OCH3 is 1. The molecule has 0 saturated carbocycles. The number of aromatic nitrogens is 2. The summed E-state index contributed by atoms with van der Waals surface area (Å²) in [4.78, 5) is 25.7. The number of aryl methyl sites for hydroxylation is 1. The maximum atomic E-state index is 12.8. The minimum Gasteiger partial charge on any atom is -0.497 e. The molecule has 0 N–H and O–H groups in total. The number of piperidine rings is 1. The van der Waals surface area contributed by atoms with E-state index in [0.717, 1.165) is 31.2 Å². The SMILES string of the molecule is COc1cccc(C(=O)N2C3CC2CN(c2ccnc(C)n2)C3)c1. The van der Waals surface area contributed by atoms with Gasteiger partial charge in [0.2, 0.25) is 0 Å². The van der Waals surface area contributed by atoms with Gasteiger partial charge in [-0.25, -0.2) is 9.97 Å². The molecule has 3 saturated heterocycles. The van der Waals surface area contributed by atoms with Crippen molar-refractivity contribution in [3.63, 3.8) is 0 Å². The number of benzene rings is 1. The second-order valence-electron chi connectivity index (χ2n) is 6.35. The summed E-state index contributed by atoms with van der Waals surface area (Å²) in [5, 5.41) is 0. The van der Waals surface area contributed by atoms with Crippen LogP contribution < -0.4 is 9.64 Å². The standard InChI is InChI=1S/C18H20N4O2/c1-12-19-7-6-17(20-12)21-10-14-9-15(11-21)22(14)18(23)13-4-3-5-16(8-13)24-2/h3-8,14-15H,9-11H2,1-2H3. The van der Waals surface area contributed by atoms with Gasteiger partial charge in [-0.15, -0.1) is 0 Å². The van der Waals surface area contributed by atoms with Crippen molar-refractivity contribution >= 4 is 11.7 Å². The summed E-state index contributed by atoms with van der Waals surface area (Å²) < 4.78 is 5.22. The maximum absolute atomic E-state index is 12.8. The highest BCUT2D eigenvalue weighted by Gasteiger charge is 2.47. The molecule has 1 aromatic heterocycles. The van der Waals surface area contributed by atoms with Crippen LogP contribution in [0.1, 0.15) is 22.6 Å². The van der Waals surface area contributed by atoms with E-state index in [4.69, 9.17) is 4.74 Å². The average Bonchev–Trinajstić information content (AvgIpc) is 2.61. The number of fused-ring (bicyclic) bond motifs is 2. The van der Waals surface area contributed by atoms with Gasteiger partial charge in [0, 0.05) is 24.8 Å². The molecule has 3 aliphatic rings. The van der Waals surface area contributed by atoms with Crippen molar-refractivity contribution in [1.29, 1.82) is 0 Å². The number of nitrogens with zero attached hydrogens (tertiary/aromatic N) is 4. The first-order chi connectivity index (χ1) is 11.7. The van der Waals surface area contributed by atoms with E-state index in [1.165, 1.54) is 0 Å². The molecule has 0 radical (unpaired) electrons. The van der Waals surface area contributed by atoms with Gasteiger partial charge >= 0.3 is 0 Å². The number of hydrogen-bond acceptors (Lipinski definition) is 5. The maximum Gasteiger partial charge on any atom is 0.254 e. The van der Waals surface area contributed by atoms with Crippen LogP contribution >= 0.6 is 0 Å². The number of piperazine rings is 1. The van der Waals surface area contributed by atoms with Gasteiger partial charge in [-0.05, 0) is 37.6 Å². The van der Waals surface area contributed by atoms with Crippen molar-refractivity contribution in [2.45, 2.75) is 25.4 Å². The van der Waals surface area contributed by atoms with Gasteiger partial charge in [-0.3, -0.25) is 4.79 Å². The monoisotopic (exact) mass is 324 g/mol. The Balaban J connectivity index is 1.49. The second-order valence-corrected chi connectivity index (χ2v) is 6.35. The molecule has 1 amide bonds. The molecular weight excluding hydrogens is 304 g/mol. The Labute approximate surface area is 141 Å². The molecule has 0 spiro atoms. The number of rotatable bonds is 3. The normalized spacial score (nSPS) is 22.1. The Kier molecular flexibility index (Phi) is 3.59. The minimum absolute atomic E-state index is 0.0914. The molecule has 124 valence electrons. The lowest BCUT2D eigenvalue weighted by Crippen LogP contribution is -2.70. The first kappa shape index (κ1) is 14.9. The number of ether oxygens (including phenoxy) is 1. The van der Waals surface area contributed by atoms with Gasteiger partial charge in [0.15, 0.2) is 0 Å². The fraction of sp³-hybridized carbons (Fsp3) is 0.389. The van der Waals surface area contributed by atoms with Crippen LogP contribution in [0, 0.1) is 6.92 Å².